The predicted molar refractivity (Wildman–Crippen MR) is 126 cm³/mol. The average Bonchev–Trinajstić information content (AvgIpc) is 3.49. The Balaban J connectivity index is 1.36. The number of aromatic nitrogens is 1. The number of thiazole rings is 1. The molecular weight excluding hydrogens is 457 g/mol. The van der Waals surface area contributed by atoms with Crippen LogP contribution in [0.4, 0.5) is 4.39 Å². The van der Waals surface area contributed by atoms with Crippen LogP contribution in [0.15, 0.2) is 59.2 Å². The van der Waals surface area contributed by atoms with Crippen LogP contribution in [-0.4, -0.2) is 54.0 Å². The zero-order chi connectivity index (χ0) is 23.7. The molecule has 0 bridgehead atoms. The summed E-state index contributed by atoms with van der Waals surface area (Å²) in [6.45, 7) is 3.00. The number of ether oxygens (including phenoxy) is 1. The second-order valence-electron chi connectivity index (χ2n) is 7.97. The van der Waals surface area contributed by atoms with Crippen molar-refractivity contribution in [2.45, 2.75) is 13.0 Å². The lowest BCUT2D eigenvalue weighted by Gasteiger charge is -2.35. The average molecular weight is 480 g/mol. The Kier molecular flexibility index (Phi) is 6.12. The van der Waals surface area contributed by atoms with Gasteiger partial charge in [-0.25, -0.2) is 9.37 Å². The number of halogens is 1. The number of rotatable bonds is 5. The topological polar surface area (TPSA) is 84.7 Å². The SMILES string of the molecule is Cc1nc(C(=O)N2CCOCC2CNC(=O)c2cccc3occc23)c(-c2ccccc2F)s1. The van der Waals surface area contributed by atoms with Crippen LogP contribution in [-0.2, 0) is 4.74 Å². The Bertz CT molecular complexity index is 1370. The van der Waals surface area contributed by atoms with Crippen molar-refractivity contribution in [1.82, 2.24) is 15.2 Å². The van der Waals surface area contributed by atoms with Gasteiger partial charge in [0.2, 0.25) is 0 Å². The van der Waals surface area contributed by atoms with Crippen LogP contribution in [0.3, 0.4) is 0 Å². The van der Waals surface area contributed by atoms with E-state index in [1.807, 2.05) is 0 Å². The van der Waals surface area contributed by atoms with E-state index in [1.54, 1.807) is 60.6 Å². The van der Waals surface area contributed by atoms with Gasteiger partial charge in [0, 0.05) is 24.0 Å². The zero-order valence-corrected chi connectivity index (χ0v) is 19.2. The van der Waals surface area contributed by atoms with E-state index in [4.69, 9.17) is 9.15 Å². The third-order valence-corrected chi connectivity index (χ3v) is 6.79. The third kappa shape index (κ3) is 4.20. The highest BCUT2D eigenvalue weighted by Gasteiger charge is 2.32. The predicted octanol–water partition coefficient (Wildman–Crippen LogP) is 4.27. The molecule has 0 saturated carbocycles. The largest absolute Gasteiger partial charge is 0.464 e. The number of morpholine rings is 1. The fraction of sp³-hybridized carbons (Fsp3) is 0.240. The maximum Gasteiger partial charge on any atom is 0.274 e. The number of aryl methyl sites for hydroxylation is 1. The zero-order valence-electron chi connectivity index (χ0n) is 18.4. The van der Waals surface area contributed by atoms with E-state index >= 15 is 0 Å². The Morgan fingerprint density at radius 1 is 1.21 bits per heavy atom. The Morgan fingerprint density at radius 3 is 2.91 bits per heavy atom. The molecule has 1 saturated heterocycles. The molecule has 1 fully saturated rings. The summed E-state index contributed by atoms with van der Waals surface area (Å²) in [4.78, 5) is 33.0. The van der Waals surface area contributed by atoms with Gasteiger partial charge in [-0.15, -0.1) is 11.3 Å². The highest BCUT2D eigenvalue weighted by molar-refractivity contribution is 7.15. The molecule has 3 heterocycles. The summed E-state index contributed by atoms with van der Waals surface area (Å²) in [6.07, 6.45) is 1.54. The first-order valence-corrected chi connectivity index (χ1v) is 11.7. The van der Waals surface area contributed by atoms with Crippen LogP contribution in [0.5, 0.6) is 0 Å². The normalized spacial score (nSPS) is 16.1. The van der Waals surface area contributed by atoms with Gasteiger partial charge in [-0.1, -0.05) is 24.3 Å². The Morgan fingerprint density at radius 2 is 2.06 bits per heavy atom. The van der Waals surface area contributed by atoms with Gasteiger partial charge in [0.1, 0.15) is 17.1 Å². The fourth-order valence-electron chi connectivity index (χ4n) is 4.13. The highest BCUT2D eigenvalue weighted by atomic mass is 32.1. The van der Waals surface area contributed by atoms with E-state index in [0.717, 1.165) is 5.39 Å². The highest BCUT2D eigenvalue weighted by Crippen LogP contribution is 2.33. The summed E-state index contributed by atoms with van der Waals surface area (Å²) in [5, 5.41) is 4.31. The van der Waals surface area contributed by atoms with Crippen molar-refractivity contribution in [3.8, 4) is 10.4 Å². The summed E-state index contributed by atoms with van der Waals surface area (Å²) >= 11 is 1.28. The smallest absolute Gasteiger partial charge is 0.274 e. The number of fused-ring (bicyclic) bond motifs is 1. The molecule has 2 amide bonds. The third-order valence-electron chi connectivity index (χ3n) is 5.78. The van der Waals surface area contributed by atoms with Gasteiger partial charge >= 0.3 is 0 Å². The van der Waals surface area contributed by atoms with Crippen LogP contribution in [0.1, 0.15) is 25.9 Å². The Labute approximate surface area is 199 Å². The van der Waals surface area contributed by atoms with Crippen LogP contribution in [0.2, 0.25) is 0 Å². The minimum absolute atomic E-state index is 0.205. The van der Waals surface area contributed by atoms with Gasteiger partial charge in [-0.2, -0.15) is 0 Å². The molecule has 1 aliphatic rings. The molecule has 1 atom stereocenters. The Hall–Kier alpha value is -3.56. The fourth-order valence-corrected chi connectivity index (χ4v) is 5.06. The molecule has 174 valence electrons. The van der Waals surface area contributed by atoms with E-state index < -0.39 is 5.82 Å². The standard InChI is InChI=1S/C25H22FN3O4S/c1-15-28-22(23(34-15)19-5-2-3-7-20(19)26)25(31)29-10-12-32-14-16(29)13-27-24(30)18-6-4-8-21-17(18)9-11-33-21/h2-9,11,16H,10,12-14H2,1H3,(H,27,30). The van der Waals surface area contributed by atoms with Gasteiger partial charge in [0.25, 0.3) is 11.8 Å². The quantitative estimate of drug-likeness (QED) is 0.462. The summed E-state index contributed by atoms with van der Waals surface area (Å²) < 4.78 is 25.5. The molecule has 2 aromatic carbocycles. The van der Waals surface area contributed by atoms with Crippen LogP contribution >= 0.6 is 11.3 Å². The molecule has 0 spiro atoms. The lowest BCUT2D eigenvalue weighted by Crippen LogP contribution is -2.53. The molecular formula is C25H22FN3O4S. The molecule has 1 unspecified atom stereocenters. The molecule has 5 rings (SSSR count). The lowest BCUT2D eigenvalue weighted by molar-refractivity contribution is -0.00152. The first-order valence-electron chi connectivity index (χ1n) is 10.9. The number of carbonyl (C=O) groups excluding carboxylic acids is 2. The monoisotopic (exact) mass is 479 g/mol. The molecule has 0 aliphatic carbocycles. The van der Waals surface area contributed by atoms with Crippen LogP contribution in [0.25, 0.3) is 21.4 Å². The summed E-state index contributed by atoms with van der Waals surface area (Å²) in [5.74, 6) is -0.969. The maximum atomic E-state index is 14.5. The summed E-state index contributed by atoms with van der Waals surface area (Å²) in [5.41, 5.74) is 1.69. The second kappa shape index (κ2) is 9.36. The van der Waals surface area contributed by atoms with Crippen molar-refractivity contribution in [1.29, 1.82) is 0 Å². The minimum atomic E-state index is -0.403. The number of nitrogens with zero attached hydrogens (tertiary/aromatic N) is 2. The second-order valence-corrected chi connectivity index (χ2v) is 9.17. The molecule has 9 heteroatoms. The first kappa shape index (κ1) is 22.2. The number of hydrogen-bond acceptors (Lipinski definition) is 6. The number of hydrogen-bond donors (Lipinski definition) is 1. The molecule has 2 aromatic heterocycles. The van der Waals surface area contributed by atoms with E-state index in [1.165, 1.54) is 17.4 Å². The molecule has 34 heavy (non-hydrogen) atoms. The van der Waals surface area contributed by atoms with Crippen molar-refractivity contribution < 1.29 is 23.1 Å². The number of amides is 2. The number of nitrogens with one attached hydrogen (secondary N) is 1. The van der Waals surface area contributed by atoms with Gasteiger partial charge in [-0.05, 0) is 31.2 Å². The van der Waals surface area contributed by atoms with E-state index in [0.29, 0.717) is 39.7 Å². The van der Waals surface area contributed by atoms with E-state index in [9.17, 15) is 14.0 Å². The van der Waals surface area contributed by atoms with E-state index in [2.05, 4.69) is 10.3 Å². The molecule has 1 N–H and O–H groups in total. The lowest BCUT2D eigenvalue weighted by atomic mass is 10.1. The number of furan rings is 1. The van der Waals surface area contributed by atoms with Gasteiger partial charge in [0.05, 0.1) is 41.0 Å². The van der Waals surface area contributed by atoms with Crippen molar-refractivity contribution in [3.63, 3.8) is 0 Å². The van der Waals surface area contributed by atoms with Crippen molar-refractivity contribution in [2.75, 3.05) is 26.3 Å². The summed E-state index contributed by atoms with van der Waals surface area (Å²) in [7, 11) is 0. The van der Waals surface area contributed by atoms with Crippen molar-refractivity contribution in [3.05, 3.63) is 76.9 Å². The van der Waals surface area contributed by atoms with E-state index in [-0.39, 0.29) is 36.7 Å². The van der Waals surface area contributed by atoms with Crippen LogP contribution in [0, 0.1) is 12.7 Å². The minimum Gasteiger partial charge on any atom is -0.464 e. The first-order chi connectivity index (χ1) is 16.5. The van der Waals surface area contributed by atoms with Crippen molar-refractivity contribution >= 4 is 34.1 Å². The summed E-state index contributed by atoms with van der Waals surface area (Å²) in [6, 6.07) is 13.0. The van der Waals surface area contributed by atoms with Gasteiger partial charge in [0.15, 0.2) is 0 Å². The number of carbonyl (C=O) groups is 2. The maximum absolute atomic E-state index is 14.5. The van der Waals surface area contributed by atoms with Crippen molar-refractivity contribution in [2.24, 2.45) is 0 Å². The van der Waals surface area contributed by atoms with Crippen LogP contribution < -0.4 is 5.32 Å². The molecule has 1 aliphatic heterocycles. The molecule has 4 aromatic rings. The van der Waals surface area contributed by atoms with Gasteiger partial charge < -0.3 is 19.4 Å². The molecule has 0 radical (unpaired) electrons. The number of benzene rings is 2. The van der Waals surface area contributed by atoms with Gasteiger partial charge in [-0.3, -0.25) is 9.59 Å². The molecule has 7 nitrogen and oxygen atoms in total.